The molecule has 0 saturated carbocycles. The number of nitrogens with zero attached hydrogens (tertiary/aromatic N) is 5. The second kappa shape index (κ2) is 11.7. The Morgan fingerprint density at radius 2 is 1.97 bits per heavy atom. The maximum atomic E-state index is 13.1. The number of rotatable bonds is 8. The minimum atomic E-state index is -0.221. The summed E-state index contributed by atoms with van der Waals surface area (Å²) in [6, 6.07) is 8.26. The van der Waals surface area contributed by atoms with Crippen LogP contribution in [-0.2, 0) is 6.54 Å². The standard InChI is InChI=1S/C28H36N8O/c1-35(2)13-10-30-26-9-7-23(18-31-26)32-28(37)27-24-15-21(6-8-25(24)33-34-27)22-14-20(16-29-17-22)19-36-11-4-3-5-12-36/h6,8,14-18H,3-5,7,9-13,19H2,1-2H3,(H,30,31)(H,32,37)(H,33,34). The minimum Gasteiger partial charge on any atom is -0.349 e. The zero-order chi connectivity index (χ0) is 25.6. The first-order valence-corrected chi connectivity index (χ1v) is 13.1. The maximum Gasteiger partial charge on any atom is 0.276 e. The smallest absolute Gasteiger partial charge is 0.276 e. The number of aromatic nitrogens is 3. The van der Waals surface area contributed by atoms with E-state index >= 15 is 0 Å². The van der Waals surface area contributed by atoms with Gasteiger partial charge in [0.15, 0.2) is 5.69 Å². The number of aliphatic imine (C=N–C) groups is 1. The summed E-state index contributed by atoms with van der Waals surface area (Å²) in [4.78, 5) is 26.8. The molecule has 3 N–H and O–H groups in total. The van der Waals surface area contributed by atoms with Crippen molar-refractivity contribution < 1.29 is 4.79 Å². The highest BCUT2D eigenvalue weighted by Gasteiger charge is 2.18. The van der Waals surface area contributed by atoms with Gasteiger partial charge in [0, 0.05) is 54.8 Å². The van der Waals surface area contributed by atoms with Crippen LogP contribution < -0.4 is 10.6 Å². The van der Waals surface area contributed by atoms with Crippen LogP contribution in [0.4, 0.5) is 0 Å². The number of likely N-dealkylation sites (N-methyl/N-ethyl adjacent to an activating group) is 1. The van der Waals surface area contributed by atoms with E-state index in [9.17, 15) is 4.79 Å². The van der Waals surface area contributed by atoms with Crippen LogP contribution in [0.15, 0.2) is 53.5 Å². The highest BCUT2D eigenvalue weighted by atomic mass is 16.2. The van der Waals surface area contributed by atoms with E-state index in [1.807, 2.05) is 44.8 Å². The zero-order valence-corrected chi connectivity index (χ0v) is 21.8. The van der Waals surface area contributed by atoms with Crippen LogP contribution in [0.3, 0.4) is 0 Å². The lowest BCUT2D eigenvalue weighted by Crippen LogP contribution is -2.31. The van der Waals surface area contributed by atoms with Gasteiger partial charge in [-0.1, -0.05) is 12.5 Å². The Labute approximate surface area is 218 Å². The molecule has 1 aromatic carbocycles. The van der Waals surface area contributed by atoms with Gasteiger partial charge in [0.25, 0.3) is 5.91 Å². The average Bonchev–Trinajstić information content (AvgIpc) is 3.34. The minimum absolute atomic E-state index is 0.221. The van der Waals surface area contributed by atoms with Gasteiger partial charge < -0.3 is 15.5 Å². The Hall–Kier alpha value is -3.56. The molecular weight excluding hydrogens is 464 g/mol. The van der Waals surface area contributed by atoms with Gasteiger partial charge in [-0.3, -0.25) is 24.8 Å². The van der Waals surface area contributed by atoms with E-state index in [-0.39, 0.29) is 5.91 Å². The van der Waals surface area contributed by atoms with Crippen molar-refractivity contribution in [3.8, 4) is 11.1 Å². The van der Waals surface area contributed by atoms with Crippen molar-refractivity contribution in [2.24, 2.45) is 4.99 Å². The lowest BCUT2D eigenvalue weighted by molar-refractivity contribution is 0.0961. The fourth-order valence-corrected chi connectivity index (χ4v) is 4.86. The summed E-state index contributed by atoms with van der Waals surface area (Å²) < 4.78 is 0. The van der Waals surface area contributed by atoms with Crippen LogP contribution in [0.25, 0.3) is 22.0 Å². The highest BCUT2D eigenvalue weighted by molar-refractivity contribution is 6.06. The van der Waals surface area contributed by atoms with Crippen LogP contribution in [0.5, 0.6) is 0 Å². The molecular formula is C28H36N8O. The molecule has 1 fully saturated rings. The molecule has 5 rings (SSSR count). The number of carbonyl (C=O) groups is 1. The molecule has 3 aromatic rings. The number of allylic oxidation sites excluding steroid dienone is 1. The van der Waals surface area contributed by atoms with Gasteiger partial charge in [0.05, 0.1) is 12.1 Å². The number of amides is 1. The number of pyridine rings is 1. The van der Waals surface area contributed by atoms with E-state index in [4.69, 9.17) is 0 Å². The molecule has 0 radical (unpaired) electrons. The monoisotopic (exact) mass is 500 g/mol. The molecule has 37 heavy (non-hydrogen) atoms. The highest BCUT2D eigenvalue weighted by Crippen LogP contribution is 2.26. The second-order valence-electron chi connectivity index (χ2n) is 10.2. The number of piperidine rings is 1. The van der Waals surface area contributed by atoms with Gasteiger partial charge in [0.2, 0.25) is 0 Å². The Balaban J connectivity index is 1.28. The normalized spacial score (nSPS) is 17.7. The summed E-state index contributed by atoms with van der Waals surface area (Å²) in [6.45, 7) is 4.89. The molecule has 2 aliphatic heterocycles. The van der Waals surface area contributed by atoms with Crippen LogP contribution in [-0.4, -0.2) is 77.0 Å². The van der Waals surface area contributed by atoms with Gasteiger partial charge in [-0.05, 0) is 75.8 Å². The van der Waals surface area contributed by atoms with Gasteiger partial charge >= 0.3 is 0 Å². The molecule has 0 bridgehead atoms. The van der Waals surface area contributed by atoms with Crippen molar-refractivity contribution in [2.75, 3.05) is 40.3 Å². The van der Waals surface area contributed by atoms with E-state index in [1.54, 1.807) is 0 Å². The number of nitrogens with one attached hydrogen (secondary N) is 3. The topological polar surface area (TPSA) is 102 Å². The van der Waals surface area contributed by atoms with Crippen molar-refractivity contribution in [3.05, 3.63) is 59.8 Å². The van der Waals surface area contributed by atoms with Crippen LogP contribution >= 0.6 is 0 Å². The first-order valence-electron chi connectivity index (χ1n) is 13.1. The number of hydrogen-bond donors (Lipinski definition) is 3. The van der Waals surface area contributed by atoms with Crippen molar-refractivity contribution in [1.82, 2.24) is 35.6 Å². The number of likely N-dealkylation sites (tertiary alicyclic amines) is 1. The lowest BCUT2D eigenvalue weighted by Gasteiger charge is -2.26. The number of benzene rings is 1. The molecule has 1 saturated heterocycles. The molecule has 9 nitrogen and oxygen atoms in total. The van der Waals surface area contributed by atoms with E-state index in [2.05, 4.69) is 52.7 Å². The fourth-order valence-electron chi connectivity index (χ4n) is 4.86. The van der Waals surface area contributed by atoms with Gasteiger partial charge in [-0.2, -0.15) is 5.10 Å². The van der Waals surface area contributed by atoms with E-state index in [0.29, 0.717) is 5.69 Å². The summed E-state index contributed by atoms with van der Waals surface area (Å²) in [5.41, 5.74) is 5.33. The summed E-state index contributed by atoms with van der Waals surface area (Å²) in [6.07, 6.45) is 11.0. The molecule has 4 heterocycles. The maximum absolute atomic E-state index is 13.1. The van der Waals surface area contributed by atoms with Crippen molar-refractivity contribution in [1.29, 1.82) is 0 Å². The third kappa shape index (κ3) is 6.42. The van der Waals surface area contributed by atoms with Crippen LogP contribution in [0.2, 0.25) is 0 Å². The number of aromatic amines is 1. The molecule has 0 unspecified atom stereocenters. The summed E-state index contributed by atoms with van der Waals surface area (Å²) in [5, 5.41) is 14.4. The zero-order valence-electron chi connectivity index (χ0n) is 21.8. The predicted molar refractivity (Wildman–Crippen MR) is 147 cm³/mol. The third-order valence-electron chi connectivity index (χ3n) is 6.93. The summed E-state index contributed by atoms with van der Waals surface area (Å²) in [7, 11) is 4.07. The van der Waals surface area contributed by atoms with Gasteiger partial charge in [-0.15, -0.1) is 0 Å². The summed E-state index contributed by atoms with van der Waals surface area (Å²) in [5.74, 6) is 0.729. The second-order valence-corrected chi connectivity index (χ2v) is 10.2. The summed E-state index contributed by atoms with van der Waals surface area (Å²) >= 11 is 0. The van der Waals surface area contributed by atoms with Crippen molar-refractivity contribution in [2.45, 2.75) is 38.6 Å². The lowest BCUT2D eigenvalue weighted by atomic mass is 10.0. The molecule has 2 aromatic heterocycles. The van der Waals surface area contributed by atoms with Crippen molar-refractivity contribution >= 4 is 22.6 Å². The Kier molecular flexibility index (Phi) is 7.91. The molecule has 0 spiro atoms. The van der Waals surface area contributed by atoms with Crippen molar-refractivity contribution in [3.63, 3.8) is 0 Å². The number of carbonyl (C=O) groups excluding carboxylic acids is 1. The molecule has 0 atom stereocenters. The first-order chi connectivity index (χ1) is 18.0. The molecule has 2 aliphatic rings. The Bertz CT molecular complexity index is 1300. The molecule has 9 heteroatoms. The third-order valence-corrected chi connectivity index (χ3v) is 6.93. The van der Waals surface area contributed by atoms with E-state index < -0.39 is 0 Å². The molecule has 1 amide bonds. The van der Waals surface area contributed by atoms with Gasteiger partial charge in [0.1, 0.15) is 5.84 Å². The predicted octanol–water partition coefficient (Wildman–Crippen LogP) is 3.53. The van der Waals surface area contributed by atoms with Crippen LogP contribution in [0.1, 0.15) is 48.2 Å². The number of hydrogen-bond acceptors (Lipinski definition) is 6. The average molecular weight is 501 g/mol. The van der Waals surface area contributed by atoms with E-state index in [0.717, 1.165) is 79.1 Å². The molecule has 194 valence electrons. The Morgan fingerprint density at radius 3 is 2.76 bits per heavy atom. The number of amidine groups is 1. The molecule has 0 aliphatic carbocycles. The number of H-pyrrole nitrogens is 1. The van der Waals surface area contributed by atoms with E-state index in [1.165, 1.54) is 24.8 Å². The largest absolute Gasteiger partial charge is 0.349 e. The fraction of sp³-hybridized carbons (Fsp3) is 0.429. The van der Waals surface area contributed by atoms with Gasteiger partial charge in [-0.25, -0.2) is 0 Å². The SMILES string of the molecule is CN(C)CCN=C1CCC(NC(=O)c2n[nH]c3ccc(-c4cncc(CN5CCCCC5)c4)cc23)=CN1. The quantitative estimate of drug-likeness (QED) is 0.438. The van der Waals surface area contributed by atoms with Crippen LogP contribution in [0, 0.1) is 0 Å². The number of fused-ring (bicyclic) bond motifs is 1. The Morgan fingerprint density at radius 1 is 1.11 bits per heavy atom. The first kappa shape index (κ1) is 25.1.